The summed E-state index contributed by atoms with van der Waals surface area (Å²) in [5.74, 6) is 0. The lowest BCUT2D eigenvalue weighted by Crippen LogP contribution is -2.13. The van der Waals surface area contributed by atoms with Crippen molar-refractivity contribution in [3.05, 3.63) is 15.6 Å². The van der Waals surface area contributed by atoms with E-state index in [2.05, 4.69) is 44.9 Å². The molecule has 1 rings (SSSR count). The van der Waals surface area contributed by atoms with E-state index in [1.165, 1.54) is 22.0 Å². The quantitative estimate of drug-likeness (QED) is 0.796. The zero-order valence-electron chi connectivity index (χ0n) is 11.2. The molecule has 0 atom stereocenters. The Morgan fingerprint density at radius 3 is 2.56 bits per heavy atom. The van der Waals surface area contributed by atoms with Crippen molar-refractivity contribution in [3.8, 4) is 0 Å². The number of nitrogens with zero attached hydrogens (tertiary/aromatic N) is 1. The van der Waals surface area contributed by atoms with E-state index >= 15 is 0 Å². The molecule has 1 aromatic rings. The Labute approximate surface area is 103 Å². The van der Waals surface area contributed by atoms with Gasteiger partial charge in [0.1, 0.15) is 0 Å². The zero-order valence-corrected chi connectivity index (χ0v) is 12.0. The Morgan fingerprint density at radius 1 is 1.31 bits per heavy atom. The minimum atomic E-state index is 0.332. The molecule has 1 N–H and O–H groups in total. The zero-order chi connectivity index (χ0) is 12.2. The van der Waals surface area contributed by atoms with Crippen LogP contribution in [-0.2, 0) is 13.0 Å². The summed E-state index contributed by atoms with van der Waals surface area (Å²) < 4.78 is 0. The van der Waals surface area contributed by atoms with Crippen LogP contribution in [0.5, 0.6) is 0 Å². The summed E-state index contributed by atoms with van der Waals surface area (Å²) in [7, 11) is 0. The van der Waals surface area contributed by atoms with E-state index in [9.17, 15) is 0 Å². The number of hydrogen-bond acceptors (Lipinski definition) is 3. The first kappa shape index (κ1) is 13.7. The predicted octanol–water partition coefficient (Wildman–Crippen LogP) is 3.54. The normalized spacial score (nSPS) is 12.1. The van der Waals surface area contributed by atoms with Crippen molar-refractivity contribution in [2.75, 3.05) is 6.54 Å². The van der Waals surface area contributed by atoms with E-state index in [1.54, 1.807) is 0 Å². The molecule has 0 amide bonds. The molecule has 1 heterocycles. The second kappa shape index (κ2) is 5.78. The summed E-state index contributed by atoms with van der Waals surface area (Å²) in [6, 6.07) is 0. The smallest absolute Gasteiger partial charge is 0.0936 e. The fourth-order valence-electron chi connectivity index (χ4n) is 1.56. The summed E-state index contributed by atoms with van der Waals surface area (Å²) in [6.07, 6.45) is 2.26. The highest BCUT2D eigenvalue weighted by atomic mass is 32.1. The molecule has 0 aliphatic rings. The largest absolute Gasteiger partial charge is 0.312 e. The Morgan fingerprint density at radius 2 is 2.00 bits per heavy atom. The number of aromatic nitrogens is 1. The van der Waals surface area contributed by atoms with Crippen molar-refractivity contribution in [2.45, 2.75) is 54.0 Å². The van der Waals surface area contributed by atoms with Crippen molar-refractivity contribution < 1.29 is 0 Å². The van der Waals surface area contributed by atoms with Gasteiger partial charge in [-0.2, -0.15) is 0 Å². The molecule has 0 radical (unpaired) electrons. The van der Waals surface area contributed by atoms with Crippen molar-refractivity contribution in [1.82, 2.24) is 10.3 Å². The molecule has 0 fully saturated rings. The average Bonchev–Trinajstić information content (AvgIpc) is 2.44. The Bertz CT molecular complexity index is 323. The molecular weight excluding hydrogens is 216 g/mol. The van der Waals surface area contributed by atoms with Gasteiger partial charge in [-0.3, -0.25) is 0 Å². The van der Waals surface area contributed by atoms with Gasteiger partial charge in [0.25, 0.3) is 0 Å². The highest BCUT2D eigenvalue weighted by Gasteiger charge is 2.15. The topological polar surface area (TPSA) is 24.9 Å². The van der Waals surface area contributed by atoms with Crippen molar-refractivity contribution in [1.29, 1.82) is 0 Å². The molecule has 0 spiro atoms. The third kappa shape index (κ3) is 4.62. The SMILES string of the molecule is CCCNCc1sc(CC(C)(C)C)nc1C. The van der Waals surface area contributed by atoms with E-state index < -0.39 is 0 Å². The molecule has 1 aromatic heterocycles. The monoisotopic (exact) mass is 240 g/mol. The van der Waals surface area contributed by atoms with Gasteiger partial charge >= 0.3 is 0 Å². The van der Waals surface area contributed by atoms with Gasteiger partial charge in [-0.15, -0.1) is 11.3 Å². The van der Waals surface area contributed by atoms with Gasteiger partial charge in [-0.1, -0.05) is 27.7 Å². The van der Waals surface area contributed by atoms with Crippen LogP contribution in [0.15, 0.2) is 0 Å². The number of hydrogen-bond donors (Lipinski definition) is 1. The van der Waals surface area contributed by atoms with Crippen LogP contribution in [0.3, 0.4) is 0 Å². The average molecular weight is 240 g/mol. The summed E-state index contributed by atoms with van der Waals surface area (Å²) >= 11 is 1.86. The van der Waals surface area contributed by atoms with Gasteiger partial charge in [-0.25, -0.2) is 4.98 Å². The van der Waals surface area contributed by atoms with Crippen LogP contribution in [0.4, 0.5) is 0 Å². The lowest BCUT2D eigenvalue weighted by atomic mass is 9.93. The third-order valence-corrected chi connectivity index (χ3v) is 3.49. The fraction of sp³-hybridized carbons (Fsp3) is 0.769. The lowest BCUT2D eigenvalue weighted by molar-refractivity contribution is 0.410. The number of rotatable bonds is 5. The fourth-order valence-corrected chi connectivity index (χ4v) is 2.90. The second-order valence-corrected chi connectivity index (χ2v) is 6.70. The van der Waals surface area contributed by atoms with Crippen LogP contribution >= 0.6 is 11.3 Å². The van der Waals surface area contributed by atoms with E-state index in [1.807, 2.05) is 11.3 Å². The molecule has 0 aliphatic heterocycles. The molecule has 16 heavy (non-hydrogen) atoms. The van der Waals surface area contributed by atoms with Crippen molar-refractivity contribution in [3.63, 3.8) is 0 Å². The van der Waals surface area contributed by atoms with Crippen LogP contribution in [0.25, 0.3) is 0 Å². The molecule has 0 bridgehead atoms. The maximum absolute atomic E-state index is 4.65. The molecule has 0 aromatic carbocycles. The minimum Gasteiger partial charge on any atom is -0.312 e. The Kier molecular flexibility index (Phi) is 4.93. The summed E-state index contributed by atoms with van der Waals surface area (Å²) in [5, 5.41) is 4.71. The van der Waals surface area contributed by atoms with Crippen LogP contribution < -0.4 is 5.32 Å². The first-order valence-electron chi connectivity index (χ1n) is 6.08. The van der Waals surface area contributed by atoms with Gasteiger partial charge in [-0.05, 0) is 25.3 Å². The lowest BCUT2D eigenvalue weighted by Gasteiger charge is -2.15. The van der Waals surface area contributed by atoms with Crippen LogP contribution in [0, 0.1) is 12.3 Å². The van der Waals surface area contributed by atoms with Gasteiger partial charge in [0.05, 0.1) is 10.7 Å². The first-order chi connectivity index (χ1) is 7.42. The highest BCUT2D eigenvalue weighted by Crippen LogP contribution is 2.25. The molecule has 0 saturated heterocycles. The van der Waals surface area contributed by atoms with Crippen LogP contribution in [0.2, 0.25) is 0 Å². The maximum Gasteiger partial charge on any atom is 0.0936 e. The van der Waals surface area contributed by atoms with Crippen molar-refractivity contribution >= 4 is 11.3 Å². The van der Waals surface area contributed by atoms with Crippen LogP contribution in [0.1, 0.15) is 49.7 Å². The minimum absolute atomic E-state index is 0.332. The van der Waals surface area contributed by atoms with Gasteiger partial charge < -0.3 is 5.32 Å². The number of nitrogens with one attached hydrogen (secondary N) is 1. The molecule has 0 saturated carbocycles. The molecule has 0 unspecified atom stereocenters. The van der Waals surface area contributed by atoms with Gasteiger partial charge in [0.2, 0.25) is 0 Å². The van der Waals surface area contributed by atoms with Crippen LogP contribution in [-0.4, -0.2) is 11.5 Å². The van der Waals surface area contributed by atoms with Gasteiger partial charge in [0, 0.05) is 17.8 Å². The summed E-state index contributed by atoms with van der Waals surface area (Å²) in [6.45, 7) is 13.2. The first-order valence-corrected chi connectivity index (χ1v) is 6.90. The summed E-state index contributed by atoms with van der Waals surface area (Å²) in [5.41, 5.74) is 1.53. The molecule has 92 valence electrons. The number of aryl methyl sites for hydroxylation is 1. The Hall–Kier alpha value is -0.410. The summed E-state index contributed by atoms with van der Waals surface area (Å²) in [4.78, 5) is 6.05. The highest BCUT2D eigenvalue weighted by molar-refractivity contribution is 7.11. The molecule has 2 nitrogen and oxygen atoms in total. The number of thiazole rings is 1. The maximum atomic E-state index is 4.65. The molecule has 3 heteroatoms. The standard InChI is InChI=1S/C13H24N2S/c1-6-7-14-9-11-10(2)15-12(16-11)8-13(3,4)5/h14H,6-9H2,1-5H3. The second-order valence-electron chi connectivity index (χ2n) is 5.53. The van der Waals surface area contributed by atoms with Gasteiger partial charge in [0.15, 0.2) is 0 Å². The van der Waals surface area contributed by atoms with Crippen molar-refractivity contribution in [2.24, 2.45) is 5.41 Å². The Balaban J connectivity index is 2.59. The van der Waals surface area contributed by atoms with E-state index in [4.69, 9.17) is 0 Å². The predicted molar refractivity (Wildman–Crippen MR) is 72.0 cm³/mol. The van der Waals surface area contributed by atoms with E-state index in [-0.39, 0.29) is 0 Å². The van der Waals surface area contributed by atoms with E-state index in [0.29, 0.717) is 5.41 Å². The molecular formula is C13H24N2S. The molecule has 0 aliphatic carbocycles. The van der Waals surface area contributed by atoms with E-state index in [0.717, 1.165) is 19.5 Å². The third-order valence-electron chi connectivity index (χ3n) is 2.33.